The fraction of sp³-hybridized carbons (Fsp3) is 0.579. The topological polar surface area (TPSA) is 93.5 Å². The second-order valence-electron chi connectivity index (χ2n) is 7.28. The highest BCUT2D eigenvalue weighted by atomic mass is 16.5. The molecule has 0 spiro atoms. The molecule has 1 aromatic rings. The molecule has 4 N–H and O–H groups in total. The highest BCUT2D eigenvalue weighted by molar-refractivity contribution is 5.95. The average Bonchev–Trinajstić information content (AvgIpc) is 2.55. The van der Waals surface area contributed by atoms with Crippen LogP contribution in [-0.2, 0) is 9.59 Å². The molecule has 6 nitrogen and oxygen atoms in total. The van der Waals surface area contributed by atoms with Crippen LogP contribution in [0.25, 0.3) is 0 Å². The Bertz CT molecular complexity index is 647. The molecular formula is C19H27N3O3. The fourth-order valence-electron chi connectivity index (χ4n) is 4.31. The first-order chi connectivity index (χ1) is 12.0. The summed E-state index contributed by atoms with van der Waals surface area (Å²) in [5, 5.41) is 5.71. The zero-order valence-corrected chi connectivity index (χ0v) is 14.9. The van der Waals surface area contributed by atoms with Crippen molar-refractivity contribution in [2.75, 3.05) is 17.7 Å². The number of hydrogen-bond acceptors (Lipinski definition) is 4. The van der Waals surface area contributed by atoms with E-state index in [1.807, 2.05) is 0 Å². The van der Waals surface area contributed by atoms with Crippen molar-refractivity contribution in [2.24, 2.45) is 23.5 Å². The molecule has 0 radical (unpaired) electrons. The van der Waals surface area contributed by atoms with Gasteiger partial charge in [-0.3, -0.25) is 9.59 Å². The molecule has 2 unspecified atom stereocenters. The number of rotatable bonds is 4. The number of anilines is 2. The van der Waals surface area contributed by atoms with Crippen LogP contribution in [0.3, 0.4) is 0 Å². The first kappa shape index (κ1) is 17.7. The lowest BCUT2D eigenvalue weighted by Gasteiger charge is -2.43. The number of benzene rings is 1. The van der Waals surface area contributed by atoms with Crippen LogP contribution in [-0.4, -0.2) is 25.0 Å². The Morgan fingerprint density at radius 1 is 1.16 bits per heavy atom. The number of nitrogens with two attached hydrogens (primary N) is 1. The molecular weight excluding hydrogens is 318 g/mol. The maximum atomic E-state index is 12.8. The molecule has 2 atom stereocenters. The Morgan fingerprint density at radius 3 is 2.44 bits per heavy atom. The molecule has 136 valence electrons. The quantitative estimate of drug-likeness (QED) is 0.782. The van der Waals surface area contributed by atoms with Crippen molar-refractivity contribution in [2.45, 2.75) is 45.1 Å². The number of ether oxygens (including phenoxy) is 1. The molecule has 2 aliphatic rings. The van der Waals surface area contributed by atoms with Gasteiger partial charge in [0.2, 0.25) is 11.8 Å². The van der Waals surface area contributed by atoms with Crippen molar-refractivity contribution in [3.63, 3.8) is 0 Å². The number of carbonyl (C=O) groups is 2. The van der Waals surface area contributed by atoms with Gasteiger partial charge in [-0.25, -0.2) is 0 Å². The van der Waals surface area contributed by atoms with Gasteiger partial charge in [0, 0.05) is 30.6 Å². The summed E-state index contributed by atoms with van der Waals surface area (Å²) in [4.78, 5) is 23.9. The lowest BCUT2D eigenvalue weighted by molar-refractivity contribution is -0.122. The molecule has 0 saturated heterocycles. The van der Waals surface area contributed by atoms with Gasteiger partial charge in [0.1, 0.15) is 5.75 Å². The van der Waals surface area contributed by atoms with E-state index in [-0.39, 0.29) is 23.8 Å². The van der Waals surface area contributed by atoms with E-state index in [2.05, 4.69) is 10.6 Å². The summed E-state index contributed by atoms with van der Waals surface area (Å²) in [6.45, 7) is 1.45. The standard InChI is InChI=1S/C19H27N3O3/c1-11(23)21-15-6-7-16(17(10-15)25-2)22-19(24)14-8-12-4-3-5-13(9-14)18(12)20/h6-7,10,12-14,18H,3-5,8-9,20H2,1-2H3,(H,21,23)(H,22,24). The summed E-state index contributed by atoms with van der Waals surface area (Å²) in [6.07, 6.45) is 5.24. The Morgan fingerprint density at radius 2 is 1.84 bits per heavy atom. The lowest BCUT2D eigenvalue weighted by atomic mass is 9.65. The summed E-state index contributed by atoms with van der Waals surface area (Å²) >= 11 is 0. The van der Waals surface area contributed by atoms with Gasteiger partial charge in [0.25, 0.3) is 0 Å². The van der Waals surface area contributed by atoms with Crippen LogP contribution in [0.4, 0.5) is 11.4 Å². The van der Waals surface area contributed by atoms with E-state index in [4.69, 9.17) is 10.5 Å². The van der Waals surface area contributed by atoms with Crippen molar-refractivity contribution in [3.05, 3.63) is 18.2 Å². The molecule has 25 heavy (non-hydrogen) atoms. The first-order valence-corrected chi connectivity index (χ1v) is 9.00. The highest BCUT2D eigenvalue weighted by Gasteiger charge is 2.40. The third kappa shape index (κ3) is 3.95. The minimum Gasteiger partial charge on any atom is -0.494 e. The predicted octanol–water partition coefficient (Wildman–Crippen LogP) is 2.75. The normalized spacial score (nSPS) is 28.1. The Labute approximate surface area is 148 Å². The van der Waals surface area contributed by atoms with Crippen molar-refractivity contribution in [3.8, 4) is 5.75 Å². The van der Waals surface area contributed by atoms with Gasteiger partial charge in [-0.05, 0) is 49.7 Å². The Kier molecular flexibility index (Phi) is 5.27. The van der Waals surface area contributed by atoms with Crippen LogP contribution >= 0.6 is 0 Å². The molecule has 0 aliphatic heterocycles. The summed E-state index contributed by atoms with van der Waals surface area (Å²) in [5.74, 6) is 1.36. The van der Waals surface area contributed by atoms with E-state index in [0.29, 0.717) is 29.0 Å². The van der Waals surface area contributed by atoms with Crippen molar-refractivity contribution in [1.29, 1.82) is 0 Å². The largest absolute Gasteiger partial charge is 0.494 e. The molecule has 2 amide bonds. The molecule has 2 aliphatic carbocycles. The van der Waals surface area contributed by atoms with Crippen LogP contribution in [0.2, 0.25) is 0 Å². The highest BCUT2D eigenvalue weighted by Crippen LogP contribution is 2.42. The van der Waals surface area contributed by atoms with Gasteiger partial charge in [-0.2, -0.15) is 0 Å². The van der Waals surface area contributed by atoms with E-state index in [9.17, 15) is 9.59 Å². The predicted molar refractivity (Wildman–Crippen MR) is 97.5 cm³/mol. The van der Waals surface area contributed by atoms with Gasteiger partial charge in [0.15, 0.2) is 0 Å². The minimum absolute atomic E-state index is 0.00910. The zero-order chi connectivity index (χ0) is 18.0. The van der Waals surface area contributed by atoms with Crippen LogP contribution < -0.4 is 21.1 Å². The number of methoxy groups -OCH3 is 1. The smallest absolute Gasteiger partial charge is 0.227 e. The third-order valence-electron chi connectivity index (χ3n) is 5.56. The molecule has 3 rings (SSSR count). The SMILES string of the molecule is COc1cc(NC(C)=O)ccc1NC(=O)C1CC2CCCC(C1)C2N. The minimum atomic E-state index is -0.149. The maximum absolute atomic E-state index is 12.8. The van der Waals surface area contributed by atoms with E-state index in [1.54, 1.807) is 25.3 Å². The second-order valence-corrected chi connectivity index (χ2v) is 7.28. The van der Waals surface area contributed by atoms with Gasteiger partial charge >= 0.3 is 0 Å². The van der Waals surface area contributed by atoms with Gasteiger partial charge in [0.05, 0.1) is 12.8 Å². The van der Waals surface area contributed by atoms with E-state index >= 15 is 0 Å². The van der Waals surface area contributed by atoms with Gasteiger partial charge < -0.3 is 21.1 Å². The molecule has 1 aromatic carbocycles. The fourth-order valence-corrected chi connectivity index (χ4v) is 4.31. The van der Waals surface area contributed by atoms with Gasteiger partial charge in [-0.15, -0.1) is 0 Å². The van der Waals surface area contributed by atoms with Crippen LogP contribution in [0.15, 0.2) is 18.2 Å². The summed E-state index contributed by atoms with van der Waals surface area (Å²) in [6, 6.07) is 5.48. The van der Waals surface area contributed by atoms with E-state index < -0.39 is 0 Å². The first-order valence-electron chi connectivity index (χ1n) is 9.00. The summed E-state index contributed by atoms with van der Waals surface area (Å²) in [7, 11) is 1.55. The number of hydrogen-bond donors (Lipinski definition) is 3. The number of amides is 2. The number of nitrogens with one attached hydrogen (secondary N) is 2. The van der Waals surface area contributed by atoms with Gasteiger partial charge in [-0.1, -0.05) is 6.42 Å². The molecule has 0 aromatic heterocycles. The molecule has 2 fully saturated rings. The zero-order valence-electron chi connectivity index (χ0n) is 14.9. The van der Waals surface area contributed by atoms with Crippen molar-refractivity contribution < 1.29 is 14.3 Å². The Balaban J connectivity index is 1.69. The maximum Gasteiger partial charge on any atom is 0.227 e. The molecule has 0 heterocycles. The molecule has 2 bridgehead atoms. The van der Waals surface area contributed by atoms with Crippen LogP contribution in [0.1, 0.15) is 39.0 Å². The molecule has 6 heteroatoms. The van der Waals surface area contributed by atoms with Crippen LogP contribution in [0.5, 0.6) is 5.75 Å². The van der Waals surface area contributed by atoms with Crippen molar-refractivity contribution in [1.82, 2.24) is 0 Å². The number of fused-ring (bicyclic) bond motifs is 2. The lowest BCUT2D eigenvalue weighted by Crippen LogP contribution is -2.48. The van der Waals surface area contributed by atoms with E-state index in [1.165, 1.54) is 13.3 Å². The van der Waals surface area contributed by atoms with Crippen LogP contribution in [0, 0.1) is 17.8 Å². The third-order valence-corrected chi connectivity index (χ3v) is 5.56. The summed E-state index contributed by atoms with van der Waals surface area (Å²) in [5.41, 5.74) is 7.58. The number of carbonyl (C=O) groups excluding carboxylic acids is 2. The monoisotopic (exact) mass is 345 g/mol. The Hall–Kier alpha value is -2.08. The second kappa shape index (κ2) is 7.44. The average molecular weight is 345 g/mol. The molecule has 2 saturated carbocycles. The summed E-state index contributed by atoms with van der Waals surface area (Å²) < 4.78 is 5.36. The van der Waals surface area contributed by atoms with E-state index in [0.717, 1.165) is 25.7 Å². The van der Waals surface area contributed by atoms with Crippen molar-refractivity contribution >= 4 is 23.2 Å².